The molecule has 0 aliphatic heterocycles. The number of hydrogen-bond donors (Lipinski definition) is 5. The number of aldehydes is 1. The summed E-state index contributed by atoms with van der Waals surface area (Å²) in [5.74, 6) is -0.131. The molecule has 0 fully saturated rings. The highest BCUT2D eigenvalue weighted by Gasteiger charge is 2.15. The van der Waals surface area contributed by atoms with Crippen molar-refractivity contribution in [2.45, 2.75) is 47.1 Å². The zero-order valence-electron chi connectivity index (χ0n) is 23.1. The fourth-order valence-electron chi connectivity index (χ4n) is 1.90. The number of nitrogen functional groups attached to an aromatic ring is 1. The van der Waals surface area contributed by atoms with Crippen molar-refractivity contribution in [3.8, 4) is 25.7 Å². The molecule has 0 aromatic heterocycles. The van der Waals surface area contributed by atoms with Gasteiger partial charge in [-0.1, -0.05) is 43.4 Å². The number of allylic oxidation sites excluding steroid dienone is 5. The summed E-state index contributed by atoms with van der Waals surface area (Å²) in [6.45, 7) is 17.7. The molecule has 1 aromatic rings. The Bertz CT molecular complexity index is 795. The Morgan fingerprint density at radius 2 is 1.51 bits per heavy atom. The molecule has 7 nitrogen and oxygen atoms in total. The number of anilines is 1. The first kappa shape index (κ1) is 45.8. The van der Waals surface area contributed by atoms with Crippen LogP contribution in [0.5, 0.6) is 0 Å². The van der Waals surface area contributed by atoms with Gasteiger partial charge in [0.05, 0.1) is 12.9 Å². The van der Waals surface area contributed by atoms with Gasteiger partial charge in [-0.15, -0.1) is 38.9 Å². The van der Waals surface area contributed by atoms with E-state index in [-0.39, 0.29) is 5.92 Å². The van der Waals surface area contributed by atoms with Crippen LogP contribution in [-0.2, 0) is 11.3 Å². The lowest BCUT2D eigenvalue weighted by molar-refractivity contribution is -0.106. The van der Waals surface area contributed by atoms with Gasteiger partial charge in [0.1, 0.15) is 6.29 Å². The quantitative estimate of drug-likeness (QED) is 0.0737. The average Bonchev–Trinajstić information content (AvgIpc) is 2.96. The first-order valence-electron chi connectivity index (χ1n) is 11.1. The van der Waals surface area contributed by atoms with Gasteiger partial charge in [0, 0.05) is 22.9 Å². The van der Waals surface area contributed by atoms with Crippen molar-refractivity contribution in [3.63, 3.8) is 0 Å². The number of rotatable bonds is 8. The minimum Gasteiger partial charge on any atom is -0.405 e. The van der Waals surface area contributed by atoms with Crippen LogP contribution in [0.4, 0.5) is 5.69 Å². The van der Waals surface area contributed by atoms with E-state index >= 15 is 0 Å². The van der Waals surface area contributed by atoms with Crippen LogP contribution < -0.4 is 17.2 Å². The van der Waals surface area contributed by atoms with E-state index in [1.807, 2.05) is 44.2 Å². The van der Waals surface area contributed by atoms with E-state index in [4.69, 9.17) is 32.8 Å². The van der Waals surface area contributed by atoms with Gasteiger partial charge in [0.2, 0.25) is 0 Å². The smallest absolute Gasteiger partial charge is 0.116 e. The van der Waals surface area contributed by atoms with Crippen molar-refractivity contribution in [1.82, 2.24) is 0 Å². The Balaban J connectivity index is -0.000000116. The number of nitrogens with one attached hydrogen (secondary N) is 2. The monoisotopic (exact) mass is 508 g/mol. The van der Waals surface area contributed by atoms with Gasteiger partial charge in [0.15, 0.2) is 0 Å². The molecule has 0 spiro atoms. The topological polar surface area (TPSA) is 155 Å². The molecule has 0 saturated heterocycles. The maximum absolute atomic E-state index is 8.81. The zero-order chi connectivity index (χ0) is 30.5. The zero-order valence-corrected chi connectivity index (χ0v) is 23.1. The number of terminal acetylenes is 2. The summed E-state index contributed by atoms with van der Waals surface area (Å²) in [7, 11) is 0. The Hall–Kier alpha value is -4.62. The van der Waals surface area contributed by atoms with E-state index in [2.05, 4.69) is 57.5 Å². The first-order chi connectivity index (χ1) is 17.9. The van der Waals surface area contributed by atoms with Gasteiger partial charge in [-0.05, 0) is 64.2 Å². The molecule has 0 heterocycles. The van der Waals surface area contributed by atoms with Gasteiger partial charge >= 0.3 is 0 Å². The van der Waals surface area contributed by atoms with E-state index in [0.29, 0.717) is 29.9 Å². The summed E-state index contributed by atoms with van der Waals surface area (Å²) in [6.07, 6.45) is 30.6. The third-order valence-corrected chi connectivity index (χ3v) is 3.54. The van der Waals surface area contributed by atoms with Crippen LogP contribution in [0.15, 0.2) is 72.9 Å². The van der Waals surface area contributed by atoms with E-state index in [1.165, 1.54) is 19.5 Å². The van der Waals surface area contributed by atoms with Gasteiger partial charge in [-0.2, -0.15) is 0 Å². The van der Waals surface area contributed by atoms with Crippen LogP contribution >= 0.6 is 0 Å². The summed E-state index contributed by atoms with van der Waals surface area (Å²) in [4.78, 5) is 12.8. The van der Waals surface area contributed by atoms with Crippen LogP contribution in [0.25, 0.3) is 0 Å². The third kappa shape index (κ3) is 33.6. The van der Waals surface area contributed by atoms with Gasteiger partial charge in [-0.25, -0.2) is 0 Å². The molecule has 0 radical (unpaired) electrons. The molecule has 7 heteroatoms. The van der Waals surface area contributed by atoms with Crippen molar-refractivity contribution < 1.29 is 4.79 Å². The van der Waals surface area contributed by atoms with E-state index in [9.17, 15) is 0 Å². The van der Waals surface area contributed by atoms with Crippen LogP contribution in [0.1, 0.15) is 51.7 Å². The molecule has 1 atom stereocenters. The van der Waals surface area contributed by atoms with Crippen LogP contribution in [0, 0.1) is 42.4 Å². The summed E-state index contributed by atoms with van der Waals surface area (Å²) < 4.78 is 0. The van der Waals surface area contributed by atoms with Crippen LogP contribution in [0.3, 0.4) is 0 Å². The summed E-state index contributed by atoms with van der Waals surface area (Å²) >= 11 is 0. The van der Waals surface area contributed by atoms with E-state index in [0.717, 1.165) is 18.3 Å². The fourth-order valence-corrected chi connectivity index (χ4v) is 1.90. The number of nitrogens with two attached hydrogens (primary N) is 3. The molecule has 1 aromatic carbocycles. The van der Waals surface area contributed by atoms with Crippen LogP contribution in [-0.4, -0.2) is 25.1 Å². The Morgan fingerprint density at radius 3 is 1.84 bits per heavy atom. The standard InChI is InChI=1S/C15H21N5.2C4H8.C2H4O.2C2H2.CH3N/c1-2-3-12(6-7-16)15(19)13-8-11(9-20-10-17)4-5-14(13)18;2*1-3-4-2;1-2-3;3*1-2/h2,4-8,10,12,19H,1,3,9,16,18H2,(H2,17,20);3-4H,1-2H3;3H,1,4H2,2H3;2H,1H3;2*1-2H;2H,1H2/b7-6+,19-15?;4-3-;;;;;. The number of nitrogens with zero attached hydrogens (tertiary/aromatic N) is 1. The van der Waals surface area contributed by atoms with E-state index in [1.54, 1.807) is 18.2 Å². The molecule has 8 N–H and O–H groups in total. The summed E-state index contributed by atoms with van der Waals surface area (Å²) in [5, 5.41) is 13.8. The predicted molar refractivity (Wildman–Crippen MR) is 168 cm³/mol. The molecule has 0 bridgehead atoms. The maximum atomic E-state index is 8.81. The molecule has 0 saturated carbocycles. The Labute approximate surface area is 226 Å². The number of aliphatic imine (C=N–C) groups is 1. The highest BCUT2D eigenvalue weighted by atomic mass is 16.1. The minimum atomic E-state index is -0.131. The second-order valence-electron chi connectivity index (χ2n) is 5.94. The van der Waals surface area contributed by atoms with Crippen molar-refractivity contribution in [2.24, 2.45) is 22.4 Å². The molecule has 0 aliphatic carbocycles. The average molecular weight is 509 g/mol. The molecular weight excluding hydrogens is 460 g/mol. The second-order valence-corrected chi connectivity index (χ2v) is 5.94. The molecular formula is C30H48N6O. The van der Waals surface area contributed by atoms with Crippen molar-refractivity contribution >= 4 is 30.7 Å². The fraction of sp³-hybridized carbons (Fsp3) is 0.267. The molecule has 1 rings (SSSR count). The number of carbonyl (C=O) groups is 1. The highest BCUT2D eigenvalue weighted by Crippen LogP contribution is 2.21. The third-order valence-electron chi connectivity index (χ3n) is 3.54. The number of hydrogen-bond acceptors (Lipinski definition) is 6. The van der Waals surface area contributed by atoms with Gasteiger partial charge in [0.25, 0.3) is 0 Å². The van der Waals surface area contributed by atoms with Gasteiger partial charge < -0.3 is 32.8 Å². The highest BCUT2D eigenvalue weighted by molar-refractivity contribution is 6.05. The van der Waals surface area contributed by atoms with Crippen molar-refractivity contribution in [2.75, 3.05) is 5.73 Å². The van der Waals surface area contributed by atoms with Crippen molar-refractivity contribution in [3.05, 3.63) is 79.1 Å². The predicted octanol–water partition coefficient (Wildman–Crippen LogP) is 5.92. The first-order valence-corrected chi connectivity index (χ1v) is 11.1. The van der Waals surface area contributed by atoms with Gasteiger partial charge in [-0.3, -0.25) is 4.99 Å². The minimum absolute atomic E-state index is 0.131. The lowest BCUT2D eigenvalue weighted by Crippen LogP contribution is -2.15. The molecule has 204 valence electrons. The molecule has 0 aliphatic rings. The molecule has 1 unspecified atom stereocenters. The normalized spacial score (nSPS) is 9.19. The number of benzene rings is 1. The van der Waals surface area contributed by atoms with Crippen molar-refractivity contribution in [1.29, 1.82) is 10.8 Å². The number of carbonyl (C=O) groups excluding carboxylic acids is 1. The summed E-state index contributed by atoms with van der Waals surface area (Å²) in [6, 6.07) is 5.52. The van der Waals surface area contributed by atoms with Crippen LogP contribution in [0.2, 0.25) is 0 Å². The lowest BCUT2D eigenvalue weighted by atomic mass is 9.91. The largest absolute Gasteiger partial charge is 0.405 e. The lowest BCUT2D eigenvalue weighted by Gasteiger charge is -2.15. The van der Waals surface area contributed by atoms with E-state index < -0.39 is 0 Å². The molecule has 0 amide bonds. The summed E-state index contributed by atoms with van der Waals surface area (Å²) in [5.41, 5.74) is 19.3. The molecule has 37 heavy (non-hydrogen) atoms. The SMILES string of the molecule is C#C.C#C.C/C=C\C.C=CCC.C=CCC(/C=C/N)C(=N)c1cc(CN=CN)ccc1N.C=N.CC=O. The second kappa shape index (κ2) is 45.0. The maximum Gasteiger partial charge on any atom is 0.116 e. The Kier molecular flexibility index (Phi) is 55.7. The Morgan fingerprint density at radius 1 is 1.05 bits per heavy atom.